The van der Waals surface area contributed by atoms with Gasteiger partial charge in [0.05, 0.1) is 4.92 Å². The van der Waals surface area contributed by atoms with Crippen LogP contribution in [0.2, 0.25) is 0 Å². The minimum atomic E-state index is -0.473. The molecule has 0 atom stereocenters. The van der Waals surface area contributed by atoms with Crippen LogP contribution in [0.5, 0.6) is 11.6 Å². The molecule has 1 aliphatic heterocycles. The van der Waals surface area contributed by atoms with Crippen molar-refractivity contribution in [2.24, 2.45) is 11.7 Å². The Kier molecular flexibility index (Phi) is 6.92. The predicted octanol–water partition coefficient (Wildman–Crippen LogP) is 4.38. The van der Waals surface area contributed by atoms with Gasteiger partial charge in [0.1, 0.15) is 12.1 Å². The number of thiol groups is 1. The van der Waals surface area contributed by atoms with Crippen molar-refractivity contribution in [2.45, 2.75) is 32.6 Å². The number of aromatic nitrogens is 2. The van der Waals surface area contributed by atoms with Crippen LogP contribution in [0.1, 0.15) is 38.2 Å². The van der Waals surface area contributed by atoms with E-state index in [1.54, 1.807) is 24.3 Å². The summed E-state index contributed by atoms with van der Waals surface area (Å²) in [5, 5.41) is 13.3. The summed E-state index contributed by atoms with van der Waals surface area (Å²) >= 11 is 4.03. The van der Waals surface area contributed by atoms with Crippen molar-refractivity contribution in [3.63, 3.8) is 0 Å². The first kappa shape index (κ1) is 20.9. The molecule has 3 rings (SSSR count). The van der Waals surface area contributed by atoms with E-state index < -0.39 is 4.92 Å². The topological polar surface area (TPSA) is 107 Å². The first-order valence-electron chi connectivity index (χ1n) is 9.66. The number of nitrogens with zero attached hydrogens (tertiary/aromatic N) is 4. The molecule has 0 amide bonds. The highest BCUT2D eigenvalue weighted by molar-refractivity contribution is 7.83. The van der Waals surface area contributed by atoms with Crippen molar-refractivity contribution in [1.29, 1.82) is 0 Å². The van der Waals surface area contributed by atoms with Crippen LogP contribution in [0, 0.1) is 16.0 Å². The Bertz CT molecular complexity index is 880. The van der Waals surface area contributed by atoms with Gasteiger partial charge in [0.15, 0.2) is 0 Å². The Labute approximate surface area is 175 Å². The molecule has 1 aliphatic rings. The zero-order chi connectivity index (χ0) is 20.8. The molecule has 9 heteroatoms. The van der Waals surface area contributed by atoms with E-state index in [0.717, 1.165) is 37.9 Å². The number of rotatable bonds is 7. The summed E-state index contributed by atoms with van der Waals surface area (Å²) in [6, 6.07) is 6.87. The summed E-state index contributed by atoms with van der Waals surface area (Å²) in [5.74, 6) is 1.34. The van der Waals surface area contributed by atoms with Crippen molar-refractivity contribution in [3.8, 4) is 11.6 Å². The van der Waals surface area contributed by atoms with Crippen LogP contribution in [0.25, 0.3) is 5.70 Å². The standard InChI is InChI=1S/C20H25N5O3S/c1-2-3-14-8-10-24(11-9-14)19-18(25(26)27)20(23-13-22-19)28-16-6-4-15(5-7-16)17(21)12-29/h4-7,12-14,29H,2-3,8-11,21H2,1H3/b17-12-. The minimum absolute atomic E-state index is 0.0684. The van der Waals surface area contributed by atoms with Gasteiger partial charge in [0, 0.05) is 18.8 Å². The molecule has 0 unspecified atom stereocenters. The van der Waals surface area contributed by atoms with E-state index >= 15 is 0 Å². The average molecular weight is 416 g/mol. The second-order valence-electron chi connectivity index (χ2n) is 7.04. The van der Waals surface area contributed by atoms with Crippen LogP contribution in [0.4, 0.5) is 11.5 Å². The number of hydrogen-bond acceptors (Lipinski definition) is 8. The van der Waals surface area contributed by atoms with Gasteiger partial charge in [-0.05, 0) is 54.0 Å². The lowest BCUT2D eigenvalue weighted by molar-refractivity contribution is -0.385. The predicted molar refractivity (Wildman–Crippen MR) is 116 cm³/mol. The molecular formula is C20H25N5O3S. The van der Waals surface area contributed by atoms with Crippen LogP contribution in [0.3, 0.4) is 0 Å². The highest BCUT2D eigenvalue weighted by Crippen LogP contribution is 2.37. The van der Waals surface area contributed by atoms with E-state index in [4.69, 9.17) is 10.5 Å². The summed E-state index contributed by atoms with van der Waals surface area (Å²) in [5.41, 5.74) is 6.91. The molecule has 2 heterocycles. The molecule has 0 bridgehead atoms. The monoisotopic (exact) mass is 415 g/mol. The molecule has 1 aromatic carbocycles. The van der Waals surface area contributed by atoms with Crippen LogP contribution in [-0.4, -0.2) is 28.0 Å². The summed E-state index contributed by atoms with van der Waals surface area (Å²) in [6.45, 7) is 3.67. The van der Waals surface area contributed by atoms with Crippen molar-refractivity contribution in [3.05, 3.63) is 51.7 Å². The lowest BCUT2D eigenvalue weighted by Crippen LogP contribution is -2.34. The fourth-order valence-electron chi connectivity index (χ4n) is 3.56. The quantitative estimate of drug-likeness (QED) is 0.392. The summed E-state index contributed by atoms with van der Waals surface area (Å²) < 4.78 is 5.73. The molecule has 0 radical (unpaired) electrons. The molecule has 2 N–H and O–H groups in total. The van der Waals surface area contributed by atoms with Crippen LogP contribution < -0.4 is 15.4 Å². The fourth-order valence-corrected chi connectivity index (χ4v) is 3.71. The minimum Gasteiger partial charge on any atom is -0.434 e. The van der Waals surface area contributed by atoms with E-state index in [1.807, 2.05) is 4.90 Å². The normalized spacial score (nSPS) is 15.4. The maximum absolute atomic E-state index is 11.8. The Morgan fingerprint density at radius 1 is 1.34 bits per heavy atom. The highest BCUT2D eigenvalue weighted by Gasteiger charge is 2.30. The Morgan fingerprint density at radius 2 is 2.03 bits per heavy atom. The van der Waals surface area contributed by atoms with Gasteiger partial charge in [-0.2, -0.15) is 4.98 Å². The maximum atomic E-state index is 11.8. The van der Waals surface area contributed by atoms with Crippen molar-refractivity contribution >= 4 is 29.8 Å². The SMILES string of the molecule is CCCC1CCN(c2ncnc(Oc3ccc(/C(N)=C/S)cc3)c2[N+](=O)[O-])CC1. The van der Waals surface area contributed by atoms with E-state index in [0.29, 0.717) is 23.2 Å². The molecule has 0 spiro atoms. The zero-order valence-electron chi connectivity index (χ0n) is 16.3. The Morgan fingerprint density at radius 3 is 2.62 bits per heavy atom. The largest absolute Gasteiger partial charge is 0.434 e. The third-order valence-corrected chi connectivity index (χ3v) is 5.38. The van der Waals surface area contributed by atoms with Crippen LogP contribution in [0.15, 0.2) is 36.0 Å². The molecular weight excluding hydrogens is 390 g/mol. The van der Waals surface area contributed by atoms with Gasteiger partial charge < -0.3 is 15.4 Å². The Hall–Kier alpha value is -2.81. The van der Waals surface area contributed by atoms with Crippen molar-refractivity contribution < 1.29 is 9.66 Å². The molecule has 29 heavy (non-hydrogen) atoms. The second-order valence-corrected chi connectivity index (χ2v) is 7.30. The lowest BCUT2D eigenvalue weighted by atomic mass is 9.92. The Balaban J connectivity index is 1.83. The van der Waals surface area contributed by atoms with Gasteiger partial charge in [-0.25, -0.2) is 4.98 Å². The molecule has 0 saturated carbocycles. The first-order valence-corrected chi connectivity index (χ1v) is 10.2. The third kappa shape index (κ3) is 4.97. The van der Waals surface area contributed by atoms with Crippen LogP contribution >= 0.6 is 12.6 Å². The number of nitro groups is 1. The van der Waals surface area contributed by atoms with Crippen molar-refractivity contribution in [1.82, 2.24) is 9.97 Å². The number of ether oxygens (including phenoxy) is 1. The third-order valence-electron chi connectivity index (χ3n) is 5.10. The fraction of sp³-hybridized carbons (Fsp3) is 0.400. The van der Waals surface area contributed by atoms with Gasteiger partial charge in [-0.1, -0.05) is 19.8 Å². The molecule has 8 nitrogen and oxygen atoms in total. The first-order chi connectivity index (χ1) is 14.0. The summed E-state index contributed by atoms with van der Waals surface area (Å²) in [7, 11) is 0. The zero-order valence-corrected chi connectivity index (χ0v) is 17.2. The van der Waals surface area contributed by atoms with Crippen molar-refractivity contribution in [2.75, 3.05) is 18.0 Å². The number of anilines is 1. The van der Waals surface area contributed by atoms with Crippen LogP contribution in [-0.2, 0) is 0 Å². The summed E-state index contributed by atoms with van der Waals surface area (Å²) in [6.07, 6.45) is 5.67. The van der Waals surface area contributed by atoms with Gasteiger partial charge in [0.25, 0.3) is 0 Å². The van der Waals surface area contributed by atoms with Gasteiger partial charge >= 0.3 is 11.6 Å². The highest BCUT2D eigenvalue weighted by atomic mass is 32.1. The molecule has 2 aromatic rings. The number of benzene rings is 1. The van der Waals surface area contributed by atoms with E-state index in [2.05, 4.69) is 29.5 Å². The van der Waals surface area contributed by atoms with E-state index in [9.17, 15) is 10.1 Å². The second kappa shape index (κ2) is 9.60. The van der Waals surface area contributed by atoms with Gasteiger partial charge in [-0.3, -0.25) is 10.1 Å². The summed E-state index contributed by atoms with van der Waals surface area (Å²) in [4.78, 5) is 21.5. The molecule has 1 aromatic heterocycles. The molecule has 154 valence electrons. The number of piperidine rings is 1. The van der Waals surface area contributed by atoms with Gasteiger partial charge in [0.2, 0.25) is 5.82 Å². The molecule has 1 fully saturated rings. The smallest absolute Gasteiger partial charge is 0.373 e. The lowest BCUT2D eigenvalue weighted by Gasteiger charge is -2.32. The average Bonchev–Trinajstić information content (AvgIpc) is 2.74. The maximum Gasteiger partial charge on any atom is 0.373 e. The number of nitrogens with two attached hydrogens (primary N) is 1. The number of hydrogen-bond donors (Lipinski definition) is 2. The van der Waals surface area contributed by atoms with E-state index in [-0.39, 0.29) is 11.6 Å². The molecule has 1 saturated heterocycles. The molecule has 0 aliphatic carbocycles. The van der Waals surface area contributed by atoms with E-state index in [1.165, 1.54) is 18.2 Å². The van der Waals surface area contributed by atoms with Gasteiger partial charge in [-0.15, -0.1) is 12.6 Å².